The third-order valence-corrected chi connectivity index (χ3v) is 4.30. The Hall–Kier alpha value is -0.0800. The van der Waals surface area contributed by atoms with Gasteiger partial charge in [0, 0.05) is 18.2 Å². The zero-order valence-electron chi connectivity index (χ0n) is 10.9. The number of rotatable bonds is 5. The molecule has 0 bridgehead atoms. The van der Waals surface area contributed by atoms with E-state index in [0.29, 0.717) is 6.04 Å². The van der Waals surface area contributed by atoms with Gasteiger partial charge in [-0.25, -0.2) is 0 Å². The van der Waals surface area contributed by atoms with Crippen molar-refractivity contribution in [3.05, 3.63) is 0 Å². The number of ether oxygens (including phenoxy) is 1. The van der Waals surface area contributed by atoms with Crippen LogP contribution in [0.2, 0.25) is 0 Å². The lowest BCUT2D eigenvalue weighted by molar-refractivity contribution is 0.166. The van der Waals surface area contributed by atoms with Gasteiger partial charge in [-0.15, -0.1) is 0 Å². The van der Waals surface area contributed by atoms with Crippen LogP contribution >= 0.6 is 0 Å². The maximum atomic E-state index is 5.48. The van der Waals surface area contributed by atoms with Crippen molar-refractivity contribution < 1.29 is 4.74 Å². The van der Waals surface area contributed by atoms with Crippen LogP contribution in [0.3, 0.4) is 0 Å². The molecule has 0 aromatic carbocycles. The maximum Gasteiger partial charge on any atom is 0.0646 e. The number of hydrogen-bond acceptors (Lipinski definition) is 2. The van der Waals surface area contributed by atoms with Gasteiger partial charge in [-0.3, -0.25) is 0 Å². The molecule has 2 nitrogen and oxygen atoms in total. The molecule has 1 saturated heterocycles. The van der Waals surface area contributed by atoms with Crippen molar-refractivity contribution in [1.29, 1.82) is 0 Å². The first kappa shape index (κ1) is 12.4. The summed E-state index contributed by atoms with van der Waals surface area (Å²) in [5.74, 6) is 1.02. The van der Waals surface area contributed by atoms with E-state index in [4.69, 9.17) is 4.74 Å². The smallest absolute Gasteiger partial charge is 0.0646 e. The minimum atomic E-state index is 0.245. The van der Waals surface area contributed by atoms with Gasteiger partial charge in [0.05, 0.1) is 6.61 Å². The lowest BCUT2D eigenvalue weighted by atomic mass is 9.96. The van der Waals surface area contributed by atoms with Crippen LogP contribution in [0.5, 0.6) is 0 Å². The van der Waals surface area contributed by atoms with Gasteiger partial charge < -0.3 is 10.1 Å². The highest BCUT2D eigenvalue weighted by molar-refractivity contribution is 4.89. The summed E-state index contributed by atoms with van der Waals surface area (Å²) in [6.07, 6.45) is 9.82. The lowest BCUT2D eigenvalue weighted by Crippen LogP contribution is -2.47. The molecule has 0 aromatic rings. The van der Waals surface area contributed by atoms with E-state index < -0.39 is 0 Å². The highest BCUT2D eigenvalue weighted by Crippen LogP contribution is 2.29. The normalized spacial score (nSPS) is 33.4. The van der Waals surface area contributed by atoms with Gasteiger partial charge >= 0.3 is 0 Å². The summed E-state index contributed by atoms with van der Waals surface area (Å²) in [5.41, 5.74) is 0.245. The molecule has 2 unspecified atom stereocenters. The molecule has 1 aliphatic heterocycles. The van der Waals surface area contributed by atoms with Gasteiger partial charge in [-0.1, -0.05) is 25.7 Å². The molecule has 2 heteroatoms. The minimum absolute atomic E-state index is 0.245. The first-order valence-electron chi connectivity index (χ1n) is 7.03. The summed E-state index contributed by atoms with van der Waals surface area (Å²) in [7, 11) is 0. The molecule has 0 amide bonds. The summed E-state index contributed by atoms with van der Waals surface area (Å²) >= 11 is 0. The monoisotopic (exact) mass is 225 g/mol. The van der Waals surface area contributed by atoms with Crippen LogP contribution in [0, 0.1) is 5.92 Å². The Bertz CT molecular complexity index is 205. The van der Waals surface area contributed by atoms with Crippen LogP contribution in [0.25, 0.3) is 0 Å². The fourth-order valence-corrected chi connectivity index (χ4v) is 3.23. The molecule has 0 spiro atoms. The molecule has 1 heterocycles. The van der Waals surface area contributed by atoms with Gasteiger partial charge in [0.2, 0.25) is 0 Å². The topological polar surface area (TPSA) is 21.3 Å². The van der Waals surface area contributed by atoms with Crippen molar-refractivity contribution in [2.45, 2.75) is 70.4 Å². The molecule has 2 atom stereocenters. The zero-order valence-corrected chi connectivity index (χ0v) is 10.9. The van der Waals surface area contributed by atoms with E-state index >= 15 is 0 Å². The van der Waals surface area contributed by atoms with Crippen LogP contribution in [0.4, 0.5) is 0 Å². The Morgan fingerprint density at radius 1 is 1.38 bits per heavy atom. The maximum absolute atomic E-state index is 5.48. The number of nitrogens with one attached hydrogen (secondary N) is 1. The van der Waals surface area contributed by atoms with Crippen molar-refractivity contribution in [3.63, 3.8) is 0 Å². The molecule has 1 N–H and O–H groups in total. The van der Waals surface area contributed by atoms with Crippen LogP contribution in [0.1, 0.15) is 58.8 Å². The van der Waals surface area contributed by atoms with E-state index in [0.717, 1.165) is 19.1 Å². The molecular weight excluding hydrogens is 198 g/mol. The summed E-state index contributed by atoms with van der Waals surface area (Å²) < 4.78 is 5.48. The standard InChI is InChI=1S/C14H27NO/c1-12(7-8-13-5-3-4-6-13)15-14(2)9-10-16-11-14/h12-13,15H,3-11H2,1-2H3. The largest absolute Gasteiger partial charge is 0.379 e. The van der Waals surface area contributed by atoms with Crippen molar-refractivity contribution >= 4 is 0 Å². The summed E-state index contributed by atoms with van der Waals surface area (Å²) in [6.45, 7) is 6.45. The highest BCUT2D eigenvalue weighted by Gasteiger charge is 2.30. The molecule has 0 aromatic heterocycles. The van der Waals surface area contributed by atoms with E-state index in [1.54, 1.807) is 0 Å². The summed E-state index contributed by atoms with van der Waals surface area (Å²) in [5, 5.41) is 3.75. The Kier molecular flexibility index (Phi) is 4.26. The third kappa shape index (κ3) is 3.46. The quantitative estimate of drug-likeness (QED) is 0.776. The second-order valence-corrected chi connectivity index (χ2v) is 6.14. The van der Waals surface area contributed by atoms with Crippen molar-refractivity contribution in [2.75, 3.05) is 13.2 Å². The van der Waals surface area contributed by atoms with Crippen LogP contribution in [-0.2, 0) is 4.74 Å². The van der Waals surface area contributed by atoms with E-state index in [1.807, 2.05) is 0 Å². The molecule has 2 aliphatic rings. The van der Waals surface area contributed by atoms with Gasteiger partial charge in [-0.2, -0.15) is 0 Å². The van der Waals surface area contributed by atoms with E-state index in [-0.39, 0.29) is 5.54 Å². The van der Waals surface area contributed by atoms with Gasteiger partial charge in [0.25, 0.3) is 0 Å². The van der Waals surface area contributed by atoms with E-state index in [9.17, 15) is 0 Å². The van der Waals surface area contributed by atoms with Crippen molar-refractivity contribution in [1.82, 2.24) is 5.32 Å². The average molecular weight is 225 g/mol. The minimum Gasteiger partial charge on any atom is -0.379 e. The molecule has 2 fully saturated rings. The molecular formula is C14H27NO. The first-order valence-corrected chi connectivity index (χ1v) is 7.03. The predicted molar refractivity (Wildman–Crippen MR) is 67.6 cm³/mol. The predicted octanol–water partition coefficient (Wildman–Crippen LogP) is 3.11. The van der Waals surface area contributed by atoms with Crippen LogP contribution in [-0.4, -0.2) is 24.8 Å². The van der Waals surface area contributed by atoms with Crippen LogP contribution < -0.4 is 5.32 Å². The van der Waals surface area contributed by atoms with E-state index in [1.165, 1.54) is 44.9 Å². The average Bonchev–Trinajstić information content (AvgIpc) is 2.86. The Morgan fingerprint density at radius 2 is 2.12 bits per heavy atom. The van der Waals surface area contributed by atoms with Gasteiger partial charge in [0.15, 0.2) is 0 Å². The van der Waals surface area contributed by atoms with Crippen molar-refractivity contribution in [2.24, 2.45) is 5.92 Å². The van der Waals surface area contributed by atoms with Crippen LogP contribution in [0.15, 0.2) is 0 Å². The molecule has 1 aliphatic carbocycles. The Morgan fingerprint density at radius 3 is 2.75 bits per heavy atom. The second kappa shape index (κ2) is 5.50. The fraction of sp³-hybridized carbons (Fsp3) is 1.00. The van der Waals surface area contributed by atoms with Gasteiger partial charge in [0.1, 0.15) is 0 Å². The Balaban J connectivity index is 1.65. The highest BCUT2D eigenvalue weighted by atomic mass is 16.5. The van der Waals surface area contributed by atoms with Gasteiger partial charge in [-0.05, 0) is 39.0 Å². The SMILES string of the molecule is CC(CCC1CCCC1)NC1(C)CCOC1. The third-order valence-electron chi connectivity index (χ3n) is 4.30. The zero-order chi connectivity index (χ0) is 11.4. The lowest BCUT2D eigenvalue weighted by Gasteiger charge is -2.28. The summed E-state index contributed by atoms with van der Waals surface area (Å²) in [4.78, 5) is 0. The fourth-order valence-electron chi connectivity index (χ4n) is 3.23. The number of hydrogen-bond donors (Lipinski definition) is 1. The second-order valence-electron chi connectivity index (χ2n) is 6.14. The first-order chi connectivity index (χ1) is 7.68. The Labute approximate surface area is 100 Å². The molecule has 2 rings (SSSR count). The summed E-state index contributed by atoms with van der Waals surface area (Å²) in [6, 6.07) is 0.646. The molecule has 16 heavy (non-hydrogen) atoms. The molecule has 0 radical (unpaired) electrons. The molecule has 94 valence electrons. The van der Waals surface area contributed by atoms with E-state index in [2.05, 4.69) is 19.2 Å². The molecule has 1 saturated carbocycles. The van der Waals surface area contributed by atoms with Crippen molar-refractivity contribution in [3.8, 4) is 0 Å².